The van der Waals surface area contributed by atoms with Crippen LogP contribution in [0.3, 0.4) is 0 Å². The van der Waals surface area contributed by atoms with Gasteiger partial charge in [-0.05, 0) is 13.0 Å². The van der Waals surface area contributed by atoms with E-state index in [2.05, 4.69) is 0 Å². The van der Waals surface area contributed by atoms with E-state index in [-0.39, 0.29) is 12.6 Å². The fraction of sp³-hybridized carbons (Fsp3) is 0.300. The van der Waals surface area contributed by atoms with E-state index in [9.17, 15) is 4.79 Å². The zero-order valence-electron chi connectivity index (χ0n) is 7.93. The number of nitrogens with two attached hydrogens (primary N) is 1. The van der Waals surface area contributed by atoms with Gasteiger partial charge in [-0.1, -0.05) is 18.2 Å². The maximum Gasteiger partial charge on any atom is 0.341 e. The van der Waals surface area contributed by atoms with Crippen LogP contribution in [0.2, 0.25) is 0 Å². The van der Waals surface area contributed by atoms with E-state index in [1.165, 1.54) is 0 Å². The van der Waals surface area contributed by atoms with E-state index in [0.29, 0.717) is 5.75 Å². The Balaban J connectivity index is 2.79. The van der Waals surface area contributed by atoms with Gasteiger partial charge in [0.15, 0.2) is 6.61 Å². The van der Waals surface area contributed by atoms with Crippen molar-refractivity contribution in [1.82, 2.24) is 0 Å². The van der Waals surface area contributed by atoms with Crippen LogP contribution in [0, 0.1) is 0 Å². The van der Waals surface area contributed by atoms with Gasteiger partial charge in [-0.15, -0.1) is 0 Å². The Morgan fingerprint density at radius 3 is 2.79 bits per heavy atom. The maximum atomic E-state index is 10.3. The molecule has 0 saturated heterocycles. The number of hydrogen-bond acceptors (Lipinski definition) is 3. The van der Waals surface area contributed by atoms with Crippen molar-refractivity contribution in [3.8, 4) is 5.75 Å². The molecule has 3 N–H and O–H groups in total. The SMILES string of the molecule is C[C@@H](N)c1ccccc1OCC(=O)O. The zero-order valence-corrected chi connectivity index (χ0v) is 7.93. The van der Waals surface area contributed by atoms with Crippen molar-refractivity contribution in [1.29, 1.82) is 0 Å². The smallest absolute Gasteiger partial charge is 0.341 e. The van der Waals surface area contributed by atoms with Crippen LogP contribution in [0.5, 0.6) is 5.75 Å². The minimum Gasteiger partial charge on any atom is -0.482 e. The van der Waals surface area contributed by atoms with Crippen molar-refractivity contribution in [2.24, 2.45) is 5.73 Å². The molecule has 0 aliphatic rings. The van der Waals surface area contributed by atoms with E-state index < -0.39 is 5.97 Å². The monoisotopic (exact) mass is 195 g/mol. The zero-order chi connectivity index (χ0) is 10.6. The molecule has 14 heavy (non-hydrogen) atoms. The highest BCUT2D eigenvalue weighted by atomic mass is 16.5. The van der Waals surface area contributed by atoms with Crippen LogP contribution in [-0.2, 0) is 4.79 Å². The van der Waals surface area contributed by atoms with Gasteiger partial charge in [-0.25, -0.2) is 4.79 Å². The normalized spacial score (nSPS) is 12.1. The standard InChI is InChI=1S/C10H13NO3/c1-7(11)8-4-2-3-5-9(8)14-6-10(12)13/h2-5,7H,6,11H2,1H3,(H,12,13)/t7-/m1/s1. The fourth-order valence-corrected chi connectivity index (χ4v) is 1.13. The molecule has 1 aromatic rings. The highest BCUT2D eigenvalue weighted by Crippen LogP contribution is 2.22. The number of ether oxygens (including phenoxy) is 1. The molecule has 0 amide bonds. The first kappa shape index (κ1) is 10.5. The molecule has 0 bridgehead atoms. The molecule has 0 heterocycles. The lowest BCUT2D eigenvalue weighted by atomic mass is 10.1. The summed E-state index contributed by atoms with van der Waals surface area (Å²) in [5, 5.41) is 8.45. The van der Waals surface area contributed by atoms with Gasteiger partial charge < -0.3 is 15.6 Å². The van der Waals surface area contributed by atoms with Crippen LogP contribution in [0.25, 0.3) is 0 Å². The first-order chi connectivity index (χ1) is 6.61. The van der Waals surface area contributed by atoms with Crippen LogP contribution in [0.15, 0.2) is 24.3 Å². The highest BCUT2D eigenvalue weighted by molar-refractivity contribution is 5.68. The Morgan fingerprint density at radius 2 is 2.21 bits per heavy atom. The number of rotatable bonds is 4. The Kier molecular flexibility index (Phi) is 3.48. The van der Waals surface area contributed by atoms with Gasteiger partial charge in [-0.3, -0.25) is 0 Å². The van der Waals surface area contributed by atoms with Gasteiger partial charge in [0.25, 0.3) is 0 Å². The molecule has 4 heteroatoms. The molecule has 0 fully saturated rings. The Labute approximate surface area is 82.3 Å². The molecule has 76 valence electrons. The average molecular weight is 195 g/mol. The van der Waals surface area contributed by atoms with E-state index in [1.807, 2.05) is 19.1 Å². The van der Waals surface area contributed by atoms with Crippen LogP contribution in [0.1, 0.15) is 18.5 Å². The maximum absolute atomic E-state index is 10.3. The third-order valence-electron chi connectivity index (χ3n) is 1.76. The van der Waals surface area contributed by atoms with Crippen molar-refractivity contribution in [3.63, 3.8) is 0 Å². The average Bonchev–Trinajstić information content (AvgIpc) is 2.15. The van der Waals surface area contributed by atoms with Crippen LogP contribution in [-0.4, -0.2) is 17.7 Å². The lowest BCUT2D eigenvalue weighted by molar-refractivity contribution is -0.139. The first-order valence-corrected chi connectivity index (χ1v) is 4.30. The number of carboxylic acid groups (broad SMARTS) is 1. The van der Waals surface area contributed by atoms with Crippen molar-refractivity contribution in [2.75, 3.05) is 6.61 Å². The number of carbonyl (C=O) groups is 1. The second kappa shape index (κ2) is 4.62. The fourth-order valence-electron chi connectivity index (χ4n) is 1.13. The number of hydrogen-bond donors (Lipinski definition) is 2. The molecule has 1 atom stereocenters. The van der Waals surface area contributed by atoms with Crippen molar-refractivity contribution >= 4 is 5.97 Å². The quantitative estimate of drug-likeness (QED) is 0.756. The van der Waals surface area contributed by atoms with Gasteiger partial charge in [0.05, 0.1) is 0 Å². The number of para-hydroxylation sites is 1. The largest absolute Gasteiger partial charge is 0.482 e. The molecule has 1 rings (SSSR count). The van der Waals surface area contributed by atoms with E-state index in [4.69, 9.17) is 15.6 Å². The predicted octanol–water partition coefficient (Wildman–Crippen LogP) is 1.17. The van der Waals surface area contributed by atoms with Crippen LogP contribution < -0.4 is 10.5 Å². The second-order valence-electron chi connectivity index (χ2n) is 3.01. The Hall–Kier alpha value is -1.55. The molecule has 0 spiro atoms. The predicted molar refractivity (Wildman–Crippen MR) is 52.2 cm³/mol. The van der Waals surface area contributed by atoms with Crippen molar-refractivity contribution in [3.05, 3.63) is 29.8 Å². The third kappa shape index (κ3) is 2.74. The molecule has 0 saturated carbocycles. The minimum absolute atomic E-state index is 0.167. The van der Waals surface area contributed by atoms with Gasteiger partial charge in [0.2, 0.25) is 0 Å². The molecule has 0 aliphatic carbocycles. The van der Waals surface area contributed by atoms with Gasteiger partial charge in [-0.2, -0.15) is 0 Å². The molecule has 0 radical (unpaired) electrons. The summed E-state index contributed by atoms with van der Waals surface area (Å²) in [6, 6.07) is 6.98. The highest BCUT2D eigenvalue weighted by Gasteiger charge is 2.07. The van der Waals surface area contributed by atoms with Gasteiger partial charge in [0, 0.05) is 11.6 Å². The molecule has 0 aliphatic heterocycles. The summed E-state index contributed by atoms with van der Waals surface area (Å²) in [6.07, 6.45) is 0. The third-order valence-corrected chi connectivity index (χ3v) is 1.76. The Morgan fingerprint density at radius 1 is 1.57 bits per heavy atom. The van der Waals surface area contributed by atoms with Crippen molar-refractivity contribution < 1.29 is 14.6 Å². The number of aliphatic carboxylic acids is 1. The summed E-state index contributed by atoms with van der Waals surface area (Å²) >= 11 is 0. The molecule has 0 unspecified atom stereocenters. The van der Waals surface area contributed by atoms with E-state index in [0.717, 1.165) is 5.56 Å². The summed E-state index contributed by atoms with van der Waals surface area (Å²) in [4.78, 5) is 10.3. The number of benzene rings is 1. The number of carboxylic acids is 1. The summed E-state index contributed by atoms with van der Waals surface area (Å²) in [6.45, 7) is 1.48. The minimum atomic E-state index is -0.996. The van der Waals surface area contributed by atoms with Crippen LogP contribution in [0.4, 0.5) is 0 Å². The van der Waals surface area contributed by atoms with E-state index >= 15 is 0 Å². The molecule has 4 nitrogen and oxygen atoms in total. The molecule has 1 aromatic carbocycles. The Bertz CT molecular complexity index is 323. The summed E-state index contributed by atoms with van der Waals surface area (Å²) in [5.41, 5.74) is 6.51. The van der Waals surface area contributed by atoms with Gasteiger partial charge in [0.1, 0.15) is 5.75 Å². The lowest BCUT2D eigenvalue weighted by Gasteiger charge is -2.12. The molecular weight excluding hydrogens is 182 g/mol. The van der Waals surface area contributed by atoms with Gasteiger partial charge >= 0.3 is 5.97 Å². The first-order valence-electron chi connectivity index (χ1n) is 4.30. The summed E-state index contributed by atoms with van der Waals surface area (Å²) in [5.74, 6) is -0.464. The molecular formula is C10H13NO3. The van der Waals surface area contributed by atoms with Crippen molar-refractivity contribution in [2.45, 2.75) is 13.0 Å². The topological polar surface area (TPSA) is 72.5 Å². The lowest BCUT2D eigenvalue weighted by Crippen LogP contribution is -2.13. The summed E-state index contributed by atoms with van der Waals surface area (Å²) < 4.78 is 5.08. The summed E-state index contributed by atoms with van der Waals surface area (Å²) in [7, 11) is 0. The van der Waals surface area contributed by atoms with Crippen LogP contribution >= 0.6 is 0 Å². The molecule has 0 aromatic heterocycles. The second-order valence-corrected chi connectivity index (χ2v) is 3.01. The van der Waals surface area contributed by atoms with E-state index in [1.54, 1.807) is 12.1 Å².